The Bertz CT molecular complexity index is 1140. The molecule has 1 aliphatic carbocycles. The Hall–Kier alpha value is -3.90. The Morgan fingerprint density at radius 3 is 1.89 bits per heavy atom. The Balaban J connectivity index is 2.30. The van der Waals surface area contributed by atoms with Crippen LogP contribution in [0.5, 0.6) is 0 Å². The van der Waals surface area contributed by atoms with Crippen LogP contribution in [0.3, 0.4) is 0 Å². The van der Waals surface area contributed by atoms with Gasteiger partial charge in [-0.2, -0.15) is 0 Å². The molecule has 47 heavy (non-hydrogen) atoms. The molecule has 1 aromatic carbocycles. The molecule has 1 fully saturated rings. The molecule has 1 aromatic rings. The van der Waals surface area contributed by atoms with E-state index in [0.717, 1.165) is 37.7 Å². The van der Waals surface area contributed by atoms with Crippen molar-refractivity contribution < 1.29 is 33.8 Å². The van der Waals surface area contributed by atoms with Crippen molar-refractivity contribution >= 4 is 24.0 Å². The van der Waals surface area contributed by atoms with Gasteiger partial charge in [0.1, 0.15) is 25.3 Å². The summed E-state index contributed by atoms with van der Waals surface area (Å²) in [6.45, 7) is 14.8. The van der Waals surface area contributed by atoms with Gasteiger partial charge in [0.25, 0.3) is 5.91 Å². The van der Waals surface area contributed by atoms with Gasteiger partial charge in [0.15, 0.2) is 0 Å². The van der Waals surface area contributed by atoms with E-state index >= 15 is 0 Å². The van der Waals surface area contributed by atoms with Crippen LogP contribution in [0.2, 0.25) is 0 Å². The average molecular weight is 658 g/mol. The zero-order chi connectivity index (χ0) is 34.8. The number of nitrogens with zero attached hydrogens (tertiary/aromatic N) is 1. The molecule has 1 saturated carbocycles. The number of carbonyl (C=O) groups is 4. The number of ether oxygens (including phenoxy) is 2. The highest BCUT2D eigenvalue weighted by atomic mass is 16.6. The maximum atomic E-state index is 13.6. The summed E-state index contributed by atoms with van der Waals surface area (Å²) >= 11 is 0. The summed E-state index contributed by atoms with van der Waals surface area (Å²) in [5, 5.41) is 21.6. The van der Waals surface area contributed by atoms with Crippen molar-refractivity contribution in [2.45, 2.75) is 90.4 Å². The number of hydrogen-bond acceptors (Lipinski definition) is 8. The Morgan fingerprint density at radius 1 is 0.851 bits per heavy atom. The third kappa shape index (κ3) is 14.6. The van der Waals surface area contributed by atoms with Crippen LogP contribution >= 0.6 is 0 Å². The first-order valence-electron chi connectivity index (χ1n) is 16.6. The number of aliphatic hydroxyl groups excluding tert-OH is 1. The van der Waals surface area contributed by atoms with Crippen molar-refractivity contribution in [3.05, 3.63) is 61.2 Å². The lowest BCUT2D eigenvalue weighted by molar-refractivity contribution is -0.131. The summed E-state index contributed by atoms with van der Waals surface area (Å²) in [7, 11) is 0. The average Bonchev–Trinajstić information content (AvgIpc) is 3.04. The van der Waals surface area contributed by atoms with E-state index in [1.807, 2.05) is 44.2 Å². The number of benzene rings is 1. The van der Waals surface area contributed by atoms with Gasteiger partial charge in [-0.1, -0.05) is 103 Å². The summed E-state index contributed by atoms with van der Waals surface area (Å²) in [5.74, 6) is -1.14. The lowest BCUT2D eigenvalue weighted by Crippen LogP contribution is -2.60. The number of hydrogen-bond donors (Lipinski definition) is 5. The molecule has 262 valence electrons. The number of rotatable bonds is 19. The third-order valence-corrected chi connectivity index (χ3v) is 8.08. The van der Waals surface area contributed by atoms with Gasteiger partial charge < -0.3 is 30.5 Å². The summed E-state index contributed by atoms with van der Waals surface area (Å²) in [4.78, 5) is 51.7. The van der Waals surface area contributed by atoms with Gasteiger partial charge in [-0.25, -0.2) is 14.6 Å². The van der Waals surface area contributed by atoms with Crippen LogP contribution in [0.15, 0.2) is 55.6 Å². The minimum atomic E-state index is -1.12. The molecule has 1 aliphatic rings. The number of aliphatic hydroxyl groups is 1. The molecule has 4 atom stereocenters. The van der Waals surface area contributed by atoms with Gasteiger partial charge in [0.05, 0.1) is 12.1 Å². The normalized spacial score (nSPS) is 16.0. The second kappa shape index (κ2) is 21.1. The fraction of sp³-hybridized carbons (Fsp3) is 0.600. The van der Waals surface area contributed by atoms with Crippen LogP contribution in [-0.2, 0) is 25.5 Å². The van der Waals surface area contributed by atoms with E-state index in [9.17, 15) is 24.3 Å². The predicted molar refractivity (Wildman–Crippen MR) is 181 cm³/mol. The van der Waals surface area contributed by atoms with Crippen molar-refractivity contribution in [1.82, 2.24) is 26.4 Å². The summed E-state index contributed by atoms with van der Waals surface area (Å²) < 4.78 is 10.1. The second-order valence-corrected chi connectivity index (χ2v) is 12.8. The Labute approximate surface area is 279 Å². The van der Waals surface area contributed by atoms with Crippen LogP contribution in [0.4, 0.5) is 9.59 Å². The van der Waals surface area contributed by atoms with Crippen LogP contribution in [0.25, 0.3) is 0 Å². The van der Waals surface area contributed by atoms with Crippen molar-refractivity contribution in [3.63, 3.8) is 0 Å². The number of alkyl carbamates (subject to hydrolysis) is 2. The van der Waals surface area contributed by atoms with Crippen LogP contribution in [0.1, 0.15) is 65.4 Å². The zero-order valence-corrected chi connectivity index (χ0v) is 28.4. The molecule has 5 N–H and O–H groups in total. The third-order valence-electron chi connectivity index (χ3n) is 8.08. The van der Waals surface area contributed by atoms with E-state index in [4.69, 9.17) is 9.47 Å². The monoisotopic (exact) mass is 657 g/mol. The fourth-order valence-corrected chi connectivity index (χ4v) is 5.53. The Morgan fingerprint density at radius 2 is 1.38 bits per heavy atom. The standard InChI is InChI=1S/C35H55N5O7/c1-7-19-46-34(44)37-30(24(3)4)32(42)36-28(21-26-15-11-9-12-16-26)29(41)23-40(22-27-17-13-10-14-18-27)39-33(43)31(25(5)6)38-35(45)47-20-8-2/h7-9,11-12,15-16,24-25,27-31,41H,1-2,10,13-14,17-23H2,3-6H3,(H,36,42)(H,37,44)(H,38,45)(H,39,43)/t28-,29-,30-,31-/m0/s1. The molecule has 4 amide bonds. The number of nitrogens with one attached hydrogen (secondary N) is 4. The van der Waals surface area contributed by atoms with E-state index in [0.29, 0.717) is 18.9 Å². The minimum Gasteiger partial charge on any atom is -0.445 e. The number of amides is 4. The van der Waals surface area contributed by atoms with E-state index in [1.165, 1.54) is 12.2 Å². The van der Waals surface area contributed by atoms with Gasteiger partial charge in [-0.15, -0.1) is 0 Å². The molecule has 0 unspecified atom stereocenters. The summed E-state index contributed by atoms with van der Waals surface area (Å²) in [5.41, 5.74) is 3.84. The number of carbonyl (C=O) groups excluding carboxylic acids is 4. The smallest absolute Gasteiger partial charge is 0.408 e. The Kier molecular flexibility index (Phi) is 17.6. The highest BCUT2D eigenvalue weighted by molar-refractivity contribution is 5.86. The maximum Gasteiger partial charge on any atom is 0.408 e. The van der Waals surface area contributed by atoms with Crippen LogP contribution < -0.4 is 21.4 Å². The fourth-order valence-electron chi connectivity index (χ4n) is 5.53. The van der Waals surface area contributed by atoms with E-state index < -0.39 is 48.2 Å². The molecule has 0 aromatic heterocycles. The van der Waals surface area contributed by atoms with Gasteiger partial charge in [-0.05, 0) is 42.6 Å². The van der Waals surface area contributed by atoms with Gasteiger partial charge in [0, 0.05) is 13.1 Å². The van der Waals surface area contributed by atoms with Crippen LogP contribution in [0, 0.1) is 17.8 Å². The first-order chi connectivity index (χ1) is 22.4. The topological polar surface area (TPSA) is 158 Å². The summed E-state index contributed by atoms with van der Waals surface area (Å²) in [6, 6.07) is 6.87. The lowest BCUT2D eigenvalue weighted by Gasteiger charge is -2.35. The highest BCUT2D eigenvalue weighted by Crippen LogP contribution is 2.24. The van der Waals surface area contributed by atoms with Crippen molar-refractivity contribution in [1.29, 1.82) is 0 Å². The quantitative estimate of drug-likeness (QED) is 0.111. The van der Waals surface area contributed by atoms with Gasteiger partial charge in [-0.3, -0.25) is 15.0 Å². The molecular formula is C35H55N5O7. The van der Waals surface area contributed by atoms with E-state index in [2.05, 4.69) is 34.5 Å². The van der Waals surface area contributed by atoms with Gasteiger partial charge in [0.2, 0.25) is 5.91 Å². The first kappa shape index (κ1) is 39.3. The SMILES string of the molecule is C=CCOC(=O)N[C@H](C(=O)N[C@@H](Cc1ccccc1)[C@@H](O)CN(CC1CCCCC1)NC(=O)[C@@H](NC(=O)OCC=C)C(C)C)C(C)C. The molecule has 0 heterocycles. The number of hydrazine groups is 1. The van der Waals surface area contributed by atoms with Gasteiger partial charge >= 0.3 is 12.2 Å². The van der Waals surface area contributed by atoms with Crippen molar-refractivity contribution in [3.8, 4) is 0 Å². The molecule has 0 radical (unpaired) electrons. The van der Waals surface area contributed by atoms with E-state index in [1.54, 1.807) is 18.9 Å². The molecule has 0 saturated heterocycles. The molecule has 0 bridgehead atoms. The van der Waals surface area contributed by atoms with Crippen molar-refractivity contribution in [2.75, 3.05) is 26.3 Å². The first-order valence-corrected chi connectivity index (χ1v) is 16.6. The van der Waals surface area contributed by atoms with E-state index in [-0.39, 0.29) is 31.6 Å². The molecule has 12 nitrogen and oxygen atoms in total. The molecule has 0 aliphatic heterocycles. The zero-order valence-electron chi connectivity index (χ0n) is 28.4. The summed E-state index contributed by atoms with van der Waals surface area (Å²) in [6.07, 6.45) is 5.91. The minimum absolute atomic E-state index is 0.000637. The molecule has 2 rings (SSSR count). The highest BCUT2D eigenvalue weighted by Gasteiger charge is 2.33. The maximum absolute atomic E-state index is 13.6. The second-order valence-electron chi connectivity index (χ2n) is 12.8. The molecule has 0 spiro atoms. The molecule has 12 heteroatoms. The van der Waals surface area contributed by atoms with Crippen molar-refractivity contribution in [2.24, 2.45) is 17.8 Å². The largest absolute Gasteiger partial charge is 0.445 e. The predicted octanol–water partition coefficient (Wildman–Crippen LogP) is 3.86. The molecular weight excluding hydrogens is 602 g/mol. The lowest BCUT2D eigenvalue weighted by atomic mass is 9.89. The van der Waals surface area contributed by atoms with Crippen LogP contribution in [-0.4, -0.2) is 84.6 Å².